The van der Waals surface area contributed by atoms with Gasteiger partial charge in [-0.15, -0.1) is 0 Å². The second-order valence-corrected chi connectivity index (χ2v) is 5.40. The lowest BCUT2D eigenvalue weighted by Gasteiger charge is -2.33. The number of rotatable bonds is 6. The van der Waals surface area contributed by atoms with Crippen LogP contribution in [0.2, 0.25) is 0 Å². The van der Waals surface area contributed by atoms with Crippen LogP contribution >= 0.6 is 0 Å². The average Bonchev–Trinajstić information content (AvgIpc) is 2.84. The van der Waals surface area contributed by atoms with E-state index in [1.165, 1.54) is 6.42 Å². The first-order valence-corrected chi connectivity index (χ1v) is 6.50. The molecule has 1 N–H and O–H groups in total. The topological polar surface area (TPSA) is 46.5 Å². The van der Waals surface area contributed by atoms with Gasteiger partial charge in [0.15, 0.2) is 0 Å². The summed E-state index contributed by atoms with van der Waals surface area (Å²) in [5.41, 5.74) is -0.448. The summed E-state index contributed by atoms with van der Waals surface area (Å²) < 4.78 is 5.46. The Morgan fingerprint density at radius 3 is 2.75 bits per heavy atom. The van der Waals surface area contributed by atoms with Gasteiger partial charge in [-0.25, -0.2) is 0 Å². The minimum Gasteiger partial charge on any atom is -0.481 e. The molecule has 0 aromatic rings. The van der Waals surface area contributed by atoms with E-state index in [0.717, 1.165) is 32.3 Å². The quantitative estimate of drug-likeness (QED) is 0.708. The zero-order chi connectivity index (χ0) is 11.6. The highest BCUT2D eigenvalue weighted by Gasteiger charge is 2.55. The lowest BCUT2D eigenvalue weighted by Crippen LogP contribution is -2.37. The molecule has 16 heavy (non-hydrogen) atoms. The molecular formula is C13H22O3. The fourth-order valence-corrected chi connectivity index (χ4v) is 3.62. The van der Waals surface area contributed by atoms with Gasteiger partial charge in [0, 0.05) is 13.2 Å². The third-order valence-electron chi connectivity index (χ3n) is 4.44. The fraction of sp³-hybridized carbons (Fsp3) is 0.923. The van der Waals surface area contributed by atoms with Crippen LogP contribution in [0.4, 0.5) is 0 Å². The number of ether oxygens (including phenoxy) is 1. The molecule has 3 atom stereocenters. The van der Waals surface area contributed by atoms with E-state index in [-0.39, 0.29) is 0 Å². The van der Waals surface area contributed by atoms with Crippen molar-refractivity contribution in [3.05, 3.63) is 0 Å². The standard InChI is InChI=1S/C13H22O3/c1-2-6-16-7-5-13(12(14)15)9-10-3-4-11(13)8-10/h10-11H,2-9H2,1H3,(H,14,15). The number of carboxylic acids is 1. The van der Waals surface area contributed by atoms with Crippen molar-refractivity contribution in [2.45, 2.75) is 45.4 Å². The summed E-state index contributed by atoms with van der Waals surface area (Å²) >= 11 is 0. The monoisotopic (exact) mass is 226 g/mol. The first-order chi connectivity index (χ1) is 7.69. The van der Waals surface area contributed by atoms with Crippen LogP contribution in [-0.2, 0) is 9.53 Å². The van der Waals surface area contributed by atoms with Crippen molar-refractivity contribution >= 4 is 5.97 Å². The van der Waals surface area contributed by atoms with Crippen LogP contribution in [0.25, 0.3) is 0 Å². The van der Waals surface area contributed by atoms with Gasteiger partial charge in [0.25, 0.3) is 0 Å². The summed E-state index contributed by atoms with van der Waals surface area (Å²) in [6, 6.07) is 0. The van der Waals surface area contributed by atoms with Gasteiger partial charge < -0.3 is 9.84 Å². The molecule has 2 bridgehead atoms. The Morgan fingerprint density at radius 1 is 1.44 bits per heavy atom. The van der Waals surface area contributed by atoms with Crippen LogP contribution in [0.1, 0.15) is 45.4 Å². The number of aliphatic carboxylic acids is 1. The predicted molar refractivity (Wildman–Crippen MR) is 61.2 cm³/mol. The van der Waals surface area contributed by atoms with E-state index >= 15 is 0 Å². The van der Waals surface area contributed by atoms with E-state index < -0.39 is 11.4 Å². The Hall–Kier alpha value is -0.570. The van der Waals surface area contributed by atoms with E-state index in [1.54, 1.807) is 0 Å². The number of hydrogen-bond acceptors (Lipinski definition) is 2. The van der Waals surface area contributed by atoms with Gasteiger partial charge >= 0.3 is 5.97 Å². The number of hydrogen-bond donors (Lipinski definition) is 1. The molecule has 0 amide bonds. The summed E-state index contributed by atoms with van der Waals surface area (Å²) in [6.07, 6.45) is 6.11. The molecule has 92 valence electrons. The molecule has 0 aromatic carbocycles. The Bertz CT molecular complexity index is 264. The SMILES string of the molecule is CCCOCCC1(C(=O)O)CC2CCC1C2. The zero-order valence-electron chi connectivity index (χ0n) is 10.1. The summed E-state index contributed by atoms with van der Waals surface area (Å²) in [4.78, 5) is 11.5. The highest BCUT2D eigenvalue weighted by atomic mass is 16.5. The highest BCUT2D eigenvalue weighted by Crippen LogP contribution is 2.57. The second-order valence-electron chi connectivity index (χ2n) is 5.40. The number of carbonyl (C=O) groups is 1. The van der Waals surface area contributed by atoms with Gasteiger partial charge in [-0.2, -0.15) is 0 Å². The molecule has 2 fully saturated rings. The number of carboxylic acid groups (broad SMARTS) is 1. The molecule has 2 rings (SSSR count). The molecular weight excluding hydrogens is 204 g/mol. The molecule has 2 aliphatic rings. The molecule has 2 saturated carbocycles. The molecule has 0 spiro atoms. The largest absolute Gasteiger partial charge is 0.481 e. The maximum absolute atomic E-state index is 11.5. The first kappa shape index (κ1) is 11.9. The fourth-order valence-electron chi connectivity index (χ4n) is 3.62. The maximum atomic E-state index is 11.5. The Morgan fingerprint density at radius 2 is 2.25 bits per heavy atom. The minimum absolute atomic E-state index is 0.417. The van der Waals surface area contributed by atoms with Crippen molar-refractivity contribution in [2.24, 2.45) is 17.3 Å². The van der Waals surface area contributed by atoms with E-state index in [1.807, 2.05) is 0 Å². The molecule has 0 aromatic heterocycles. The average molecular weight is 226 g/mol. The summed E-state index contributed by atoms with van der Waals surface area (Å²) in [5, 5.41) is 9.49. The molecule has 2 aliphatic carbocycles. The third-order valence-corrected chi connectivity index (χ3v) is 4.44. The molecule has 0 saturated heterocycles. The molecule has 3 unspecified atom stereocenters. The van der Waals surface area contributed by atoms with Crippen LogP contribution in [-0.4, -0.2) is 24.3 Å². The Balaban J connectivity index is 1.93. The predicted octanol–water partition coefficient (Wildman–Crippen LogP) is 2.69. The van der Waals surface area contributed by atoms with Crippen LogP contribution in [0.3, 0.4) is 0 Å². The minimum atomic E-state index is -0.584. The van der Waals surface area contributed by atoms with Gasteiger partial charge in [-0.1, -0.05) is 13.3 Å². The summed E-state index contributed by atoms with van der Waals surface area (Å²) in [6.45, 7) is 3.44. The van der Waals surface area contributed by atoms with E-state index in [0.29, 0.717) is 24.9 Å². The van der Waals surface area contributed by atoms with E-state index in [2.05, 4.69) is 6.92 Å². The lowest BCUT2D eigenvalue weighted by molar-refractivity contribution is -0.154. The summed E-state index contributed by atoms with van der Waals surface area (Å²) in [7, 11) is 0. The van der Waals surface area contributed by atoms with Crippen molar-refractivity contribution < 1.29 is 14.6 Å². The smallest absolute Gasteiger partial charge is 0.310 e. The highest BCUT2D eigenvalue weighted by molar-refractivity contribution is 5.75. The zero-order valence-corrected chi connectivity index (χ0v) is 10.1. The van der Waals surface area contributed by atoms with Gasteiger partial charge in [0.2, 0.25) is 0 Å². The van der Waals surface area contributed by atoms with Crippen LogP contribution in [0, 0.1) is 17.3 Å². The van der Waals surface area contributed by atoms with Gasteiger partial charge in [0.1, 0.15) is 0 Å². The van der Waals surface area contributed by atoms with Crippen molar-refractivity contribution in [1.82, 2.24) is 0 Å². The molecule has 3 nitrogen and oxygen atoms in total. The van der Waals surface area contributed by atoms with E-state index in [9.17, 15) is 9.90 Å². The first-order valence-electron chi connectivity index (χ1n) is 6.50. The van der Waals surface area contributed by atoms with Crippen molar-refractivity contribution in [2.75, 3.05) is 13.2 Å². The van der Waals surface area contributed by atoms with Crippen LogP contribution in [0.15, 0.2) is 0 Å². The van der Waals surface area contributed by atoms with Crippen LogP contribution < -0.4 is 0 Å². The van der Waals surface area contributed by atoms with Crippen molar-refractivity contribution in [3.63, 3.8) is 0 Å². The molecule has 0 heterocycles. The molecule has 3 heteroatoms. The third kappa shape index (κ3) is 1.97. The normalized spacial score (nSPS) is 36.8. The maximum Gasteiger partial charge on any atom is 0.310 e. The molecule has 0 radical (unpaired) electrons. The van der Waals surface area contributed by atoms with E-state index in [4.69, 9.17) is 4.74 Å². The Labute approximate surface area is 97.2 Å². The summed E-state index contributed by atoms with van der Waals surface area (Å²) in [5.74, 6) is 0.507. The van der Waals surface area contributed by atoms with Crippen molar-refractivity contribution in [3.8, 4) is 0 Å². The lowest BCUT2D eigenvalue weighted by atomic mass is 9.71. The van der Waals surface area contributed by atoms with Crippen molar-refractivity contribution in [1.29, 1.82) is 0 Å². The number of fused-ring (bicyclic) bond motifs is 2. The van der Waals surface area contributed by atoms with Gasteiger partial charge in [0.05, 0.1) is 5.41 Å². The Kier molecular flexibility index (Phi) is 3.53. The van der Waals surface area contributed by atoms with Crippen LogP contribution in [0.5, 0.6) is 0 Å². The second kappa shape index (κ2) is 4.74. The van der Waals surface area contributed by atoms with Gasteiger partial charge in [-0.05, 0) is 43.9 Å². The molecule has 0 aliphatic heterocycles. The van der Waals surface area contributed by atoms with Gasteiger partial charge in [-0.3, -0.25) is 4.79 Å².